The van der Waals surface area contributed by atoms with Gasteiger partial charge in [0.2, 0.25) is 0 Å². The lowest BCUT2D eigenvalue weighted by Crippen LogP contribution is -2.41. The van der Waals surface area contributed by atoms with E-state index in [0.717, 1.165) is 25.9 Å². The number of hydrogen-bond donors (Lipinski definition) is 1. The number of nitrogens with zero attached hydrogens (tertiary/aromatic N) is 4. The Balaban J connectivity index is 1.53. The van der Waals surface area contributed by atoms with Crippen LogP contribution in [-0.2, 0) is 7.05 Å². The molecule has 1 unspecified atom stereocenters. The van der Waals surface area contributed by atoms with E-state index in [1.807, 2.05) is 6.07 Å². The number of para-hydroxylation sites is 1. The van der Waals surface area contributed by atoms with E-state index in [1.165, 1.54) is 10.4 Å². The molecule has 1 aliphatic rings. The Morgan fingerprint density at radius 1 is 1.36 bits per heavy atom. The van der Waals surface area contributed by atoms with Crippen LogP contribution in [0.1, 0.15) is 23.3 Å². The molecule has 3 rings (SSSR count). The van der Waals surface area contributed by atoms with Crippen molar-refractivity contribution in [2.75, 3.05) is 24.5 Å². The molecule has 1 atom stereocenters. The highest BCUT2D eigenvalue weighted by atomic mass is 16.2. The first kappa shape index (κ1) is 14.6. The minimum Gasteiger partial charge on any atom is -0.371 e. The highest BCUT2D eigenvalue weighted by Crippen LogP contribution is 2.22. The molecular formula is C16H21N5O. The molecule has 1 aromatic carbocycles. The Bertz CT molecular complexity index is 624. The lowest BCUT2D eigenvalue weighted by atomic mass is 9.97. The second-order valence-electron chi connectivity index (χ2n) is 5.78. The first-order valence-corrected chi connectivity index (χ1v) is 7.67. The van der Waals surface area contributed by atoms with Crippen molar-refractivity contribution in [3.05, 3.63) is 42.2 Å². The van der Waals surface area contributed by atoms with Crippen molar-refractivity contribution < 1.29 is 4.79 Å². The molecule has 0 radical (unpaired) electrons. The summed E-state index contributed by atoms with van der Waals surface area (Å²) in [5.41, 5.74) is 1.63. The Labute approximate surface area is 130 Å². The maximum atomic E-state index is 12.0. The predicted molar refractivity (Wildman–Crippen MR) is 84.7 cm³/mol. The lowest BCUT2D eigenvalue weighted by molar-refractivity contribution is 0.0940. The molecule has 0 spiro atoms. The maximum absolute atomic E-state index is 12.0. The molecule has 1 saturated heterocycles. The van der Waals surface area contributed by atoms with E-state index in [4.69, 9.17) is 0 Å². The van der Waals surface area contributed by atoms with E-state index in [9.17, 15) is 4.79 Å². The lowest BCUT2D eigenvalue weighted by Gasteiger charge is -2.34. The first-order valence-electron chi connectivity index (χ1n) is 7.67. The molecule has 22 heavy (non-hydrogen) atoms. The fourth-order valence-electron chi connectivity index (χ4n) is 2.88. The van der Waals surface area contributed by atoms with E-state index in [0.29, 0.717) is 18.2 Å². The zero-order valence-electron chi connectivity index (χ0n) is 12.8. The molecule has 6 heteroatoms. The largest absolute Gasteiger partial charge is 0.371 e. The smallest absolute Gasteiger partial charge is 0.273 e. The number of aryl methyl sites for hydroxylation is 1. The Morgan fingerprint density at radius 2 is 2.18 bits per heavy atom. The summed E-state index contributed by atoms with van der Waals surface area (Å²) in [6.45, 7) is 2.74. The minimum absolute atomic E-state index is 0.148. The third-order valence-electron chi connectivity index (χ3n) is 4.03. The van der Waals surface area contributed by atoms with E-state index < -0.39 is 0 Å². The quantitative estimate of drug-likeness (QED) is 0.928. The van der Waals surface area contributed by atoms with Crippen molar-refractivity contribution in [3.63, 3.8) is 0 Å². The van der Waals surface area contributed by atoms with Crippen LogP contribution < -0.4 is 10.2 Å². The predicted octanol–water partition coefficient (Wildman–Crippen LogP) is 1.46. The van der Waals surface area contributed by atoms with Crippen molar-refractivity contribution in [3.8, 4) is 0 Å². The van der Waals surface area contributed by atoms with Crippen molar-refractivity contribution in [2.45, 2.75) is 12.8 Å². The number of anilines is 1. The van der Waals surface area contributed by atoms with E-state index in [2.05, 4.69) is 44.8 Å². The summed E-state index contributed by atoms with van der Waals surface area (Å²) in [6, 6.07) is 10.4. The number of piperidine rings is 1. The van der Waals surface area contributed by atoms with Crippen molar-refractivity contribution in [1.82, 2.24) is 20.3 Å². The fraction of sp³-hybridized carbons (Fsp3) is 0.438. The number of rotatable bonds is 4. The van der Waals surface area contributed by atoms with E-state index >= 15 is 0 Å². The molecule has 0 aliphatic carbocycles. The van der Waals surface area contributed by atoms with Crippen LogP contribution in [0.2, 0.25) is 0 Å². The minimum atomic E-state index is -0.148. The van der Waals surface area contributed by atoms with Crippen LogP contribution in [0.15, 0.2) is 36.5 Å². The highest BCUT2D eigenvalue weighted by Gasteiger charge is 2.21. The van der Waals surface area contributed by atoms with Crippen LogP contribution in [0, 0.1) is 5.92 Å². The van der Waals surface area contributed by atoms with E-state index in [-0.39, 0.29) is 5.91 Å². The molecule has 1 aliphatic heterocycles. The van der Waals surface area contributed by atoms with Gasteiger partial charge in [-0.05, 0) is 30.9 Å². The maximum Gasteiger partial charge on any atom is 0.273 e. The summed E-state index contributed by atoms with van der Waals surface area (Å²) in [6.07, 6.45) is 3.93. The van der Waals surface area contributed by atoms with Gasteiger partial charge in [-0.2, -0.15) is 0 Å². The van der Waals surface area contributed by atoms with Gasteiger partial charge in [-0.1, -0.05) is 23.4 Å². The van der Waals surface area contributed by atoms with E-state index in [1.54, 1.807) is 13.2 Å². The SMILES string of the molecule is Cn1cc(C(=O)NCC2CCCN(c3ccccc3)C2)nn1. The Kier molecular flexibility index (Phi) is 4.37. The van der Waals surface area contributed by atoms with Gasteiger partial charge in [-0.25, -0.2) is 0 Å². The van der Waals surface area contributed by atoms with Gasteiger partial charge in [0.05, 0.1) is 6.20 Å². The molecule has 2 aromatic rings. The van der Waals surface area contributed by atoms with Gasteiger partial charge in [-0.3, -0.25) is 9.48 Å². The van der Waals surface area contributed by atoms with Crippen LogP contribution >= 0.6 is 0 Å². The topological polar surface area (TPSA) is 63.1 Å². The number of amides is 1. The number of hydrogen-bond acceptors (Lipinski definition) is 4. The summed E-state index contributed by atoms with van der Waals surface area (Å²) >= 11 is 0. The standard InChI is InChI=1S/C16H21N5O/c1-20-12-15(18-19-20)16(22)17-10-13-6-5-9-21(11-13)14-7-3-2-4-8-14/h2-4,7-8,12-13H,5-6,9-11H2,1H3,(H,17,22). The number of carbonyl (C=O) groups is 1. The van der Waals surface area contributed by atoms with Gasteiger partial charge in [0.1, 0.15) is 0 Å². The van der Waals surface area contributed by atoms with Crippen LogP contribution in [0.25, 0.3) is 0 Å². The number of carbonyl (C=O) groups excluding carboxylic acids is 1. The van der Waals surface area contributed by atoms with Crippen molar-refractivity contribution in [1.29, 1.82) is 0 Å². The molecule has 1 amide bonds. The molecule has 6 nitrogen and oxygen atoms in total. The summed E-state index contributed by atoms with van der Waals surface area (Å²) < 4.78 is 1.53. The highest BCUT2D eigenvalue weighted by molar-refractivity contribution is 5.91. The van der Waals surface area contributed by atoms with Crippen LogP contribution in [0.5, 0.6) is 0 Å². The van der Waals surface area contributed by atoms with Gasteiger partial charge >= 0.3 is 0 Å². The summed E-state index contributed by atoms with van der Waals surface area (Å²) in [7, 11) is 1.75. The second kappa shape index (κ2) is 6.60. The monoisotopic (exact) mass is 299 g/mol. The van der Waals surface area contributed by atoms with Crippen LogP contribution in [-0.4, -0.2) is 40.5 Å². The molecule has 2 heterocycles. The Hall–Kier alpha value is -2.37. The molecule has 1 aromatic heterocycles. The van der Waals surface area contributed by atoms with Gasteiger partial charge in [-0.15, -0.1) is 5.10 Å². The molecule has 0 bridgehead atoms. The Morgan fingerprint density at radius 3 is 2.91 bits per heavy atom. The average molecular weight is 299 g/mol. The van der Waals surface area contributed by atoms with Crippen LogP contribution in [0.3, 0.4) is 0 Å². The zero-order valence-corrected chi connectivity index (χ0v) is 12.8. The molecule has 1 fully saturated rings. The summed E-state index contributed by atoms with van der Waals surface area (Å²) in [4.78, 5) is 14.4. The number of aromatic nitrogens is 3. The second-order valence-corrected chi connectivity index (χ2v) is 5.78. The number of nitrogens with one attached hydrogen (secondary N) is 1. The van der Waals surface area contributed by atoms with Gasteiger partial charge in [0.15, 0.2) is 5.69 Å². The van der Waals surface area contributed by atoms with Crippen molar-refractivity contribution in [2.24, 2.45) is 13.0 Å². The molecular weight excluding hydrogens is 278 g/mol. The third kappa shape index (κ3) is 3.44. The van der Waals surface area contributed by atoms with Gasteiger partial charge in [0.25, 0.3) is 5.91 Å². The fourth-order valence-corrected chi connectivity index (χ4v) is 2.88. The zero-order chi connectivity index (χ0) is 15.4. The third-order valence-corrected chi connectivity index (χ3v) is 4.03. The van der Waals surface area contributed by atoms with Gasteiger partial charge < -0.3 is 10.2 Å². The van der Waals surface area contributed by atoms with Gasteiger partial charge in [0, 0.05) is 32.4 Å². The molecule has 1 N–H and O–H groups in total. The summed E-state index contributed by atoms with van der Waals surface area (Å²) in [5.74, 6) is 0.319. The summed E-state index contributed by atoms with van der Waals surface area (Å²) in [5, 5.41) is 10.6. The molecule has 116 valence electrons. The average Bonchev–Trinajstić information content (AvgIpc) is 3.00. The van der Waals surface area contributed by atoms with Crippen LogP contribution in [0.4, 0.5) is 5.69 Å². The number of benzene rings is 1. The normalized spacial score (nSPS) is 18.2. The molecule has 0 saturated carbocycles. The van der Waals surface area contributed by atoms with Crippen molar-refractivity contribution >= 4 is 11.6 Å². The first-order chi connectivity index (χ1) is 10.7.